The number of allylic oxidation sites excluding steroid dienone is 4. The van der Waals surface area contributed by atoms with Gasteiger partial charge in [-0.05, 0) is 129 Å². The summed E-state index contributed by atoms with van der Waals surface area (Å²) >= 11 is 0. The molecule has 0 spiro atoms. The van der Waals surface area contributed by atoms with Crippen LogP contribution in [0.3, 0.4) is 0 Å². The fourth-order valence-corrected chi connectivity index (χ4v) is 10.2. The van der Waals surface area contributed by atoms with Gasteiger partial charge in [0, 0.05) is 0 Å². The summed E-state index contributed by atoms with van der Waals surface area (Å²) in [7, 11) is -3.93. The van der Waals surface area contributed by atoms with Crippen molar-refractivity contribution in [3.63, 3.8) is 0 Å². The van der Waals surface area contributed by atoms with Crippen molar-refractivity contribution in [1.29, 1.82) is 0 Å². The summed E-state index contributed by atoms with van der Waals surface area (Å²) in [6, 6.07) is 0. The Morgan fingerprint density at radius 3 is 1.86 bits per heavy atom. The van der Waals surface area contributed by atoms with E-state index in [1.165, 1.54) is 68.1 Å². The van der Waals surface area contributed by atoms with Gasteiger partial charge in [0.25, 0.3) is 0 Å². The summed E-state index contributed by atoms with van der Waals surface area (Å²) < 4.78 is 14.2. The van der Waals surface area contributed by atoms with Gasteiger partial charge >= 0.3 is 0 Å². The summed E-state index contributed by atoms with van der Waals surface area (Å²) in [5.74, 6) is 1.36. The molecular formula is C40H72O2Si2. The molecule has 5 atom stereocenters. The minimum Gasteiger partial charge on any atom is -0.410 e. The van der Waals surface area contributed by atoms with Gasteiger partial charge in [-0.25, -0.2) is 0 Å². The standard InChI is InChI=1S/C40H72O2Si2/c1-29(19-17-25-37(3,4)5)33-23-24-34-32(20-18-26-40(33,34)12)22-21-31-27-35(41-43(13,14)38(6,7)8)30(2)36(28-31)42-44(15,16)39(9,10)11/h21-22,33-36H,1-2,17-20,23-28H2,3-16H3/b32-22+/t33-,34+,35-,36-,40-/m1/s1. The molecule has 44 heavy (non-hydrogen) atoms. The van der Waals surface area contributed by atoms with E-state index in [0.29, 0.717) is 22.7 Å². The molecule has 252 valence electrons. The Bertz CT molecular complexity index is 1060. The van der Waals surface area contributed by atoms with Crippen LogP contribution in [-0.4, -0.2) is 28.8 Å². The van der Waals surface area contributed by atoms with E-state index in [1.807, 2.05) is 0 Å². The van der Waals surface area contributed by atoms with Crippen molar-refractivity contribution < 1.29 is 8.85 Å². The molecule has 0 N–H and O–H groups in total. The molecule has 0 heterocycles. The lowest BCUT2D eigenvalue weighted by Crippen LogP contribution is -2.49. The number of hydrogen-bond donors (Lipinski definition) is 0. The van der Waals surface area contributed by atoms with Gasteiger partial charge in [-0.1, -0.05) is 111 Å². The summed E-state index contributed by atoms with van der Waals surface area (Å²) in [5, 5.41) is 0.323. The maximum absolute atomic E-state index is 7.09. The van der Waals surface area contributed by atoms with Crippen LogP contribution in [0.1, 0.15) is 133 Å². The third-order valence-electron chi connectivity index (χ3n) is 12.6. The van der Waals surface area contributed by atoms with Crippen molar-refractivity contribution in [2.45, 2.75) is 182 Å². The average molecular weight is 641 g/mol. The molecule has 2 nitrogen and oxygen atoms in total. The zero-order chi connectivity index (χ0) is 33.5. The molecule has 3 fully saturated rings. The van der Waals surface area contributed by atoms with E-state index in [1.54, 1.807) is 5.57 Å². The molecule has 0 aromatic heterocycles. The Labute approximate surface area is 276 Å². The van der Waals surface area contributed by atoms with Crippen LogP contribution in [-0.2, 0) is 8.85 Å². The van der Waals surface area contributed by atoms with Crippen molar-refractivity contribution >= 4 is 16.6 Å². The van der Waals surface area contributed by atoms with Crippen LogP contribution in [0.4, 0.5) is 0 Å². The van der Waals surface area contributed by atoms with Crippen molar-refractivity contribution in [2.75, 3.05) is 0 Å². The molecule has 0 aliphatic heterocycles. The highest BCUT2D eigenvalue weighted by atomic mass is 28.4. The molecule has 0 aromatic rings. The molecule has 0 aromatic carbocycles. The highest BCUT2D eigenvalue weighted by Crippen LogP contribution is 2.59. The molecule has 3 aliphatic rings. The maximum Gasteiger partial charge on any atom is 0.192 e. The first-order valence-electron chi connectivity index (χ1n) is 18.0. The molecule has 4 heteroatoms. The quantitative estimate of drug-likeness (QED) is 0.184. The minimum absolute atomic E-state index is 0.0352. The van der Waals surface area contributed by atoms with Crippen molar-refractivity contribution in [1.82, 2.24) is 0 Å². The van der Waals surface area contributed by atoms with E-state index in [4.69, 9.17) is 15.4 Å². The zero-order valence-corrected chi connectivity index (χ0v) is 33.8. The second kappa shape index (κ2) is 13.4. The monoisotopic (exact) mass is 641 g/mol. The van der Waals surface area contributed by atoms with Gasteiger partial charge in [-0.2, -0.15) is 0 Å². The average Bonchev–Trinajstić information content (AvgIpc) is 3.20. The lowest BCUT2D eigenvalue weighted by molar-refractivity contribution is 0.132. The van der Waals surface area contributed by atoms with Crippen molar-refractivity contribution in [3.05, 3.63) is 47.6 Å². The van der Waals surface area contributed by atoms with E-state index in [0.717, 1.165) is 12.8 Å². The van der Waals surface area contributed by atoms with Crippen LogP contribution in [0.15, 0.2) is 47.6 Å². The lowest BCUT2D eigenvalue weighted by Gasteiger charge is -2.46. The minimum atomic E-state index is -1.97. The summed E-state index contributed by atoms with van der Waals surface area (Å²) in [5.41, 5.74) is 6.63. The van der Waals surface area contributed by atoms with E-state index < -0.39 is 16.6 Å². The fourth-order valence-electron chi connectivity index (χ4n) is 7.62. The molecule has 3 saturated carbocycles. The van der Waals surface area contributed by atoms with Gasteiger partial charge < -0.3 is 8.85 Å². The van der Waals surface area contributed by atoms with Crippen LogP contribution >= 0.6 is 0 Å². The van der Waals surface area contributed by atoms with Crippen molar-refractivity contribution in [2.24, 2.45) is 22.7 Å². The third-order valence-corrected chi connectivity index (χ3v) is 21.6. The Morgan fingerprint density at radius 1 is 0.864 bits per heavy atom. The van der Waals surface area contributed by atoms with Gasteiger partial charge in [-0.3, -0.25) is 0 Å². The van der Waals surface area contributed by atoms with E-state index >= 15 is 0 Å². The van der Waals surface area contributed by atoms with E-state index in [2.05, 4.69) is 114 Å². The summed E-state index contributed by atoms with van der Waals surface area (Å²) in [6.45, 7) is 42.6. The predicted octanol–water partition coefficient (Wildman–Crippen LogP) is 13.0. The molecule has 0 radical (unpaired) electrons. The van der Waals surface area contributed by atoms with Crippen molar-refractivity contribution in [3.8, 4) is 0 Å². The van der Waals surface area contributed by atoms with Crippen LogP contribution in [0.25, 0.3) is 0 Å². The first kappa shape index (κ1) is 37.8. The second-order valence-corrected chi connectivity index (χ2v) is 28.9. The highest BCUT2D eigenvalue weighted by Gasteiger charge is 2.50. The van der Waals surface area contributed by atoms with Gasteiger partial charge in [0.05, 0.1) is 12.2 Å². The molecule has 3 aliphatic carbocycles. The molecule has 0 saturated heterocycles. The number of rotatable bonds is 9. The predicted molar refractivity (Wildman–Crippen MR) is 199 cm³/mol. The smallest absolute Gasteiger partial charge is 0.192 e. The number of fused-ring (bicyclic) bond motifs is 1. The van der Waals surface area contributed by atoms with E-state index in [9.17, 15) is 0 Å². The fraction of sp³-hybridized carbons (Fsp3) is 0.800. The Morgan fingerprint density at radius 2 is 1.39 bits per heavy atom. The van der Waals surface area contributed by atoms with Gasteiger partial charge in [-0.15, -0.1) is 0 Å². The Balaban J connectivity index is 1.86. The molecule has 0 bridgehead atoms. The van der Waals surface area contributed by atoms with Crippen LogP contribution in [0.2, 0.25) is 36.3 Å². The first-order chi connectivity index (χ1) is 19.9. The van der Waals surface area contributed by atoms with Crippen LogP contribution in [0, 0.1) is 22.7 Å². The summed E-state index contributed by atoms with van der Waals surface area (Å²) in [4.78, 5) is 0. The molecular weight excluding hydrogens is 569 g/mol. The molecule has 0 amide bonds. The largest absolute Gasteiger partial charge is 0.410 e. The number of hydrogen-bond acceptors (Lipinski definition) is 2. The van der Waals surface area contributed by atoms with Crippen LogP contribution in [0.5, 0.6) is 0 Å². The first-order valence-corrected chi connectivity index (χ1v) is 23.8. The third kappa shape index (κ3) is 8.81. The van der Waals surface area contributed by atoms with E-state index in [-0.39, 0.29) is 22.3 Å². The molecule has 3 rings (SSSR count). The van der Waals surface area contributed by atoms with Gasteiger partial charge in [0.2, 0.25) is 0 Å². The SMILES string of the molecule is C=C(CCCC(C)(C)C)[C@H]1CC[C@H]2/C(=C/C=C3C[C@@H](O[Si](C)(C)C(C)(C)C)C(=C)[C@H](O[Si](C)(C)C(C)(C)C)C3)CCC[C@]12C. The van der Waals surface area contributed by atoms with Gasteiger partial charge in [0.15, 0.2) is 16.6 Å². The van der Waals surface area contributed by atoms with Crippen LogP contribution < -0.4 is 0 Å². The topological polar surface area (TPSA) is 18.5 Å². The van der Waals surface area contributed by atoms with Gasteiger partial charge in [0.1, 0.15) is 0 Å². The molecule has 0 unspecified atom stereocenters. The second-order valence-electron chi connectivity index (χ2n) is 19.4. The Hall–Kier alpha value is -0.686. The zero-order valence-electron chi connectivity index (χ0n) is 31.8. The Kier molecular flexibility index (Phi) is 11.5. The summed E-state index contributed by atoms with van der Waals surface area (Å²) in [6.07, 6.45) is 17.3. The normalized spacial score (nSPS) is 30.1. The lowest BCUT2D eigenvalue weighted by atomic mass is 9.62. The maximum atomic E-state index is 7.09. The highest BCUT2D eigenvalue weighted by molar-refractivity contribution is 6.74.